The van der Waals surface area contributed by atoms with Crippen molar-refractivity contribution >= 4 is 17.5 Å². The maximum Gasteiger partial charge on any atom is 0.291 e. The van der Waals surface area contributed by atoms with Crippen molar-refractivity contribution in [3.05, 3.63) is 99.6 Å². The van der Waals surface area contributed by atoms with Crippen LogP contribution in [0.2, 0.25) is 0 Å². The highest BCUT2D eigenvalue weighted by molar-refractivity contribution is 6.00. The van der Waals surface area contributed by atoms with Gasteiger partial charge in [0, 0.05) is 19.8 Å². The lowest BCUT2D eigenvalue weighted by molar-refractivity contribution is 0.0777. The molecular weight excluding hydrogens is 429 g/mol. The van der Waals surface area contributed by atoms with Gasteiger partial charge < -0.3 is 24.7 Å². The second-order valence-electron chi connectivity index (χ2n) is 7.42. The van der Waals surface area contributed by atoms with Crippen LogP contribution in [0, 0.1) is 5.82 Å². The van der Waals surface area contributed by atoms with Crippen molar-refractivity contribution in [3.63, 3.8) is 0 Å². The second kappa shape index (κ2) is 8.95. The quantitative estimate of drug-likeness (QED) is 0.416. The highest BCUT2D eigenvalue weighted by Crippen LogP contribution is 2.15. The summed E-state index contributed by atoms with van der Waals surface area (Å²) < 4.78 is 14.9. The number of hydrogen-bond acceptors (Lipinski definition) is 5. The van der Waals surface area contributed by atoms with Gasteiger partial charge in [-0.1, -0.05) is 18.2 Å². The largest absolute Gasteiger partial charge is 0.502 e. The zero-order chi connectivity index (χ0) is 23.5. The first-order chi connectivity index (χ1) is 15.8. The van der Waals surface area contributed by atoms with Crippen LogP contribution in [0.1, 0.15) is 32.1 Å². The molecule has 1 aromatic carbocycles. The molecule has 0 aliphatic rings. The van der Waals surface area contributed by atoms with Gasteiger partial charge in [-0.05, 0) is 35.9 Å². The molecule has 0 saturated carbocycles. The molecule has 0 fully saturated rings. The highest BCUT2D eigenvalue weighted by Gasteiger charge is 2.21. The lowest BCUT2D eigenvalue weighted by Gasteiger charge is -2.17. The Hall–Kier alpha value is -4.47. The molecule has 3 N–H and O–H groups in total. The van der Waals surface area contributed by atoms with Crippen LogP contribution >= 0.6 is 0 Å². The van der Waals surface area contributed by atoms with E-state index in [0.717, 1.165) is 17.4 Å². The van der Waals surface area contributed by atoms with E-state index in [-0.39, 0.29) is 24.3 Å². The minimum absolute atomic E-state index is 0.0445. The van der Waals surface area contributed by atoms with E-state index in [1.807, 2.05) is 28.8 Å². The number of nitrogens with zero attached hydrogens (tertiary/aromatic N) is 3. The SMILES string of the molecule is CN(Cc1cnc2ccccn12)C(=O)c1cc(C(=O)NCc2ccc(F)cc2)c(O)c(=O)[nH]1. The fraction of sp³-hybridized carbons (Fsp3) is 0.130. The third-order valence-electron chi connectivity index (χ3n) is 5.09. The van der Waals surface area contributed by atoms with Crippen molar-refractivity contribution in [2.75, 3.05) is 7.05 Å². The summed E-state index contributed by atoms with van der Waals surface area (Å²) in [5, 5.41) is 12.6. The fourth-order valence-corrected chi connectivity index (χ4v) is 3.34. The number of aromatic amines is 1. The molecule has 0 spiro atoms. The number of benzene rings is 1. The van der Waals surface area contributed by atoms with Gasteiger partial charge in [-0.3, -0.25) is 14.4 Å². The Labute approximate surface area is 187 Å². The van der Waals surface area contributed by atoms with Crippen LogP contribution in [0.15, 0.2) is 65.7 Å². The molecule has 0 aliphatic carbocycles. The maximum atomic E-state index is 13.0. The number of nitrogens with one attached hydrogen (secondary N) is 2. The number of amides is 2. The fourth-order valence-electron chi connectivity index (χ4n) is 3.34. The molecule has 0 bridgehead atoms. The Bertz CT molecular complexity index is 1390. The van der Waals surface area contributed by atoms with E-state index < -0.39 is 28.9 Å². The standard InChI is InChI=1S/C23H20FN5O4/c1-28(13-16-12-25-19-4-2-3-9-29(16)19)23(33)18-10-17(20(30)22(32)27-18)21(31)26-11-14-5-7-15(24)8-6-14/h2-10,12,30H,11,13H2,1H3,(H,26,31)(H,27,32). The van der Waals surface area contributed by atoms with Crippen LogP contribution in [-0.4, -0.2) is 43.2 Å². The zero-order valence-electron chi connectivity index (χ0n) is 17.6. The number of carbonyl (C=O) groups excluding carboxylic acids is 2. The molecule has 0 unspecified atom stereocenters. The number of fused-ring (bicyclic) bond motifs is 1. The number of imidazole rings is 1. The van der Waals surface area contributed by atoms with Crippen molar-refractivity contribution in [2.24, 2.45) is 0 Å². The summed E-state index contributed by atoms with van der Waals surface area (Å²) in [7, 11) is 1.55. The molecule has 0 aliphatic heterocycles. The number of pyridine rings is 2. The van der Waals surface area contributed by atoms with Gasteiger partial charge in [0.2, 0.25) is 0 Å². The van der Waals surface area contributed by atoms with Crippen molar-refractivity contribution in [1.29, 1.82) is 0 Å². The zero-order valence-corrected chi connectivity index (χ0v) is 17.6. The van der Waals surface area contributed by atoms with Gasteiger partial charge in [0.1, 0.15) is 17.2 Å². The van der Waals surface area contributed by atoms with Crippen LogP contribution in [0.5, 0.6) is 5.75 Å². The van der Waals surface area contributed by atoms with Gasteiger partial charge in [-0.25, -0.2) is 9.37 Å². The Morgan fingerprint density at radius 1 is 1.21 bits per heavy atom. The molecule has 3 heterocycles. The van der Waals surface area contributed by atoms with Crippen LogP contribution in [0.25, 0.3) is 5.65 Å². The average Bonchev–Trinajstić information content (AvgIpc) is 3.22. The molecule has 10 heteroatoms. The predicted octanol–water partition coefficient (Wildman–Crippen LogP) is 2.07. The smallest absolute Gasteiger partial charge is 0.291 e. The van der Waals surface area contributed by atoms with Gasteiger partial charge >= 0.3 is 0 Å². The number of carbonyl (C=O) groups is 2. The van der Waals surface area contributed by atoms with Crippen molar-refractivity contribution < 1.29 is 19.1 Å². The molecule has 168 valence electrons. The number of aromatic nitrogens is 3. The topological polar surface area (TPSA) is 120 Å². The Morgan fingerprint density at radius 3 is 2.73 bits per heavy atom. The summed E-state index contributed by atoms with van der Waals surface area (Å²) in [6.45, 7) is 0.238. The summed E-state index contributed by atoms with van der Waals surface area (Å²) in [6, 6.07) is 12.2. The number of aromatic hydroxyl groups is 1. The monoisotopic (exact) mass is 449 g/mol. The number of halogens is 1. The maximum absolute atomic E-state index is 13.0. The Morgan fingerprint density at radius 2 is 1.97 bits per heavy atom. The molecule has 0 atom stereocenters. The Balaban J connectivity index is 1.52. The minimum Gasteiger partial charge on any atom is -0.502 e. The first-order valence-electron chi connectivity index (χ1n) is 9.99. The van der Waals surface area contributed by atoms with E-state index in [9.17, 15) is 23.9 Å². The lowest BCUT2D eigenvalue weighted by atomic mass is 10.1. The van der Waals surface area contributed by atoms with E-state index in [2.05, 4.69) is 15.3 Å². The number of rotatable bonds is 6. The molecule has 0 saturated heterocycles. The molecule has 4 rings (SSSR count). The van der Waals surface area contributed by atoms with Gasteiger partial charge in [-0.2, -0.15) is 0 Å². The number of hydrogen-bond donors (Lipinski definition) is 3. The molecule has 9 nitrogen and oxygen atoms in total. The molecule has 4 aromatic rings. The number of H-pyrrole nitrogens is 1. The highest BCUT2D eigenvalue weighted by atomic mass is 19.1. The summed E-state index contributed by atoms with van der Waals surface area (Å²) in [6.07, 6.45) is 3.47. The average molecular weight is 449 g/mol. The van der Waals surface area contributed by atoms with Gasteiger partial charge in [0.25, 0.3) is 17.4 Å². The lowest BCUT2D eigenvalue weighted by Crippen LogP contribution is -2.31. The summed E-state index contributed by atoms with van der Waals surface area (Å²) >= 11 is 0. The third kappa shape index (κ3) is 4.59. The predicted molar refractivity (Wildman–Crippen MR) is 117 cm³/mol. The Kier molecular flexibility index (Phi) is 5.90. The van der Waals surface area contributed by atoms with Crippen LogP contribution in [0.4, 0.5) is 4.39 Å². The molecular formula is C23H20FN5O4. The second-order valence-corrected chi connectivity index (χ2v) is 7.42. The van der Waals surface area contributed by atoms with Crippen LogP contribution in [-0.2, 0) is 13.1 Å². The molecule has 0 radical (unpaired) electrons. The van der Waals surface area contributed by atoms with Gasteiger partial charge in [0.05, 0.1) is 24.0 Å². The van der Waals surface area contributed by atoms with Gasteiger partial charge in [0.15, 0.2) is 5.75 Å². The van der Waals surface area contributed by atoms with E-state index in [4.69, 9.17) is 0 Å². The van der Waals surface area contributed by atoms with E-state index >= 15 is 0 Å². The van der Waals surface area contributed by atoms with Crippen molar-refractivity contribution in [2.45, 2.75) is 13.1 Å². The van der Waals surface area contributed by atoms with Crippen LogP contribution in [0.3, 0.4) is 0 Å². The van der Waals surface area contributed by atoms with E-state index in [1.165, 1.54) is 29.2 Å². The van der Waals surface area contributed by atoms with Crippen molar-refractivity contribution in [3.8, 4) is 5.75 Å². The third-order valence-corrected chi connectivity index (χ3v) is 5.09. The summed E-state index contributed by atoms with van der Waals surface area (Å²) in [5.74, 6) is -2.51. The first kappa shape index (κ1) is 21.8. The summed E-state index contributed by atoms with van der Waals surface area (Å²) in [4.78, 5) is 45.6. The van der Waals surface area contributed by atoms with E-state index in [0.29, 0.717) is 5.56 Å². The van der Waals surface area contributed by atoms with Gasteiger partial charge in [-0.15, -0.1) is 0 Å². The molecule has 2 amide bonds. The first-order valence-corrected chi connectivity index (χ1v) is 9.99. The van der Waals surface area contributed by atoms with E-state index in [1.54, 1.807) is 13.2 Å². The molecule has 3 aromatic heterocycles. The summed E-state index contributed by atoms with van der Waals surface area (Å²) in [5.41, 5.74) is 0.647. The normalized spacial score (nSPS) is 10.8. The molecule has 33 heavy (non-hydrogen) atoms. The minimum atomic E-state index is -0.962. The van der Waals surface area contributed by atoms with Crippen molar-refractivity contribution in [1.82, 2.24) is 24.6 Å². The van der Waals surface area contributed by atoms with Crippen LogP contribution < -0.4 is 10.9 Å².